The lowest BCUT2D eigenvalue weighted by molar-refractivity contribution is -0.124. The predicted octanol–water partition coefficient (Wildman–Crippen LogP) is 3.44. The minimum Gasteiger partial charge on any atom is -0.378 e. The van der Waals surface area contributed by atoms with Crippen LogP contribution in [0.1, 0.15) is 62.7 Å². The minimum absolute atomic E-state index is 0.0621. The summed E-state index contributed by atoms with van der Waals surface area (Å²) in [5.74, 6) is -1.06. The van der Waals surface area contributed by atoms with E-state index in [1.54, 1.807) is 0 Å². The molecule has 1 aromatic carbocycles. The summed E-state index contributed by atoms with van der Waals surface area (Å²) >= 11 is 0. The Labute approximate surface area is 161 Å². The third-order valence-corrected chi connectivity index (χ3v) is 4.87. The molecule has 0 radical (unpaired) electrons. The van der Waals surface area contributed by atoms with Crippen LogP contribution < -0.4 is 10.6 Å². The van der Waals surface area contributed by atoms with E-state index in [0.717, 1.165) is 19.3 Å². The van der Waals surface area contributed by atoms with Gasteiger partial charge in [-0.2, -0.15) is 0 Å². The number of hydrogen-bond donors (Lipinski definition) is 2. The minimum atomic E-state index is -0.637. The summed E-state index contributed by atoms with van der Waals surface area (Å²) < 4.78 is 18.8. The summed E-state index contributed by atoms with van der Waals surface area (Å²) in [5.41, 5.74) is 0.329. The highest BCUT2D eigenvalue weighted by atomic mass is 19.1. The molecule has 2 rings (SSSR count). The topological polar surface area (TPSA) is 67.4 Å². The zero-order valence-electron chi connectivity index (χ0n) is 16.3. The zero-order valence-corrected chi connectivity index (χ0v) is 16.3. The SMILES string of the molecule is CC(C)[C@H](NC(=O)c1ccc(F)cc1)C(=O)NCCCOC1CCCCC1. The maximum Gasteiger partial charge on any atom is 0.251 e. The van der Waals surface area contributed by atoms with Crippen molar-refractivity contribution in [3.63, 3.8) is 0 Å². The van der Waals surface area contributed by atoms with Crippen molar-refractivity contribution < 1.29 is 18.7 Å². The van der Waals surface area contributed by atoms with Crippen molar-refractivity contribution in [3.8, 4) is 0 Å². The van der Waals surface area contributed by atoms with Crippen LogP contribution in [0.5, 0.6) is 0 Å². The Morgan fingerprint density at radius 3 is 2.44 bits per heavy atom. The summed E-state index contributed by atoms with van der Waals surface area (Å²) in [4.78, 5) is 24.7. The van der Waals surface area contributed by atoms with E-state index >= 15 is 0 Å². The molecule has 2 amide bonds. The van der Waals surface area contributed by atoms with Crippen LogP contribution in [0.4, 0.5) is 4.39 Å². The van der Waals surface area contributed by atoms with Gasteiger partial charge in [0, 0.05) is 18.7 Å². The second-order valence-corrected chi connectivity index (χ2v) is 7.48. The number of halogens is 1. The van der Waals surface area contributed by atoms with E-state index in [2.05, 4.69) is 10.6 Å². The lowest BCUT2D eigenvalue weighted by Gasteiger charge is -2.23. The maximum atomic E-state index is 13.0. The van der Waals surface area contributed by atoms with Crippen LogP contribution in [-0.2, 0) is 9.53 Å². The molecule has 150 valence electrons. The van der Waals surface area contributed by atoms with Crippen LogP contribution in [0.3, 0.4) is 0 Å². The number of carbonyl (C=O) groups excluding carboxylic acids is 2. The number of hydrogen-bond acceptors (Lipinski definition) is 3. The maximum absolute atomic E-state index is 13.0. The van der Waals surface area contributed by atoms with Gasteiger partial charge in [0.05, 0.1) is 6.10 Å². The molecule has 0 heterocycles. The average Bonchev–Trinajstić information content (AvgIpc) is 2.66. The normalized spacial score (nSPS) is 16.1. The van der Waals surface area contributed by atoms with Crippen molar-refractivity contribution in [2.45, 2.75) is 64.5 Å². The Bertz CT molecular complexity index is 598. The van der Waals surface area contributed by atoms with Crippen LogP contribution in [0.2, 0.25) is 0 Å². The van der Waals surface area contributed by atoms with E-state index in [4.69, 9.17) is 4.74 Å². The molecular formula is C21H31FN2O3. The van der Waals surface area contributed by atoms with Gasteiger partial charge in [-0.3, -0.25) is 9.59 Å². The molecule has 1 aromatic rings. The molecule has 0 saturated heterocycles. The first-order valence-electron chi connectivity index (χ1n) is 9.93. The first-order valence-corrected chi connectivity index (χ1v) is 9.93. The second kappa shape index (κ2) is 11.0. The summed E-state index contributed by atoms with van der Waals surface area (Å²) in [7, 11) is 0. The number of ether oxygens (including phenoxy) is 1. The van der Waals surface area contributed by atoms with Crippen molar-refractivity contribution in [2.75, 3.05) is 13.2 Å². The van der Waals surface area contributed by atoms with Crippen molar-refractivity contribution in [3.05, 3.63) is 35.6 Å². The van der Waals surface area contributed by atoms with Crippen molar-refractivity contribution in [2.24, 2.45) is 5.92 Å². The monoisotopic (exact) mass is 378 g/mol. The highest BCUT2D eigenvalue weighted by Crippen LogP contribution is 2.20. The number of amides is 2. The third kappa shape index (κ3) is 7.29. The van der Waals surface area contributed by atoms with Gasteiger partial charge >= 0.3 is 0 Å². The van der Waals surface area contributed by atoms with Gasteiger partial charge in [-0.15, -0.1) is 0 Å². The van der Waals surface area contributed by atoms with Crippen molar-refractivity contribution >= 4 is 11.8 Å². The van der Waals surface area contributed by atoms with E-state index in [1.165, 1.54) is 43.5 Å². The molecule has 1 aliphatic rings. The average molecular weight is 378 g/mol. The number of benzene rings is 1. The first kappa shape index (κ1) is 21.4. The lowest BCUT2D eigenvalue weighted by atomic mass is 9.98. The lowest BCUT2D eigenvalue weighted by Crippen LogP contribution is -2.50. The predicted molar refractivity (Wildman–Crippen MR) is 103 cm³/mol. The summed E-state index contributed by atoms with van der Waals surface area (Å²) in [5, 5.41) is 5.61. The molecule has 0 bridgehead atoms. The summed E-state index contributed by atoms with van der Waals surface area (Å²) in [6.07, 6.45) is 7.17. The fraction of sp³-hybridized carbons (Fsp3) is 0.619. The molecule has 0 aliphatic heterocycles. The summed E-state index contributed by atoms with van der Waals surface area (Å²) in [6.45, 7) is 4.91. The van der Waals surface area contributed by atoms with E-state index in [9.17, 15) is 14.0 Å². The van der Waals surface area contributed by atoms with Gasteiger partial charge in [-0.25, -0.2) is 4.39 Å². The Morgan fingerprint density at radius 1 is 1.15 bits per heavy atom. The van der Waals surface area contributed by atoms with Gasteiger partial charge in [0.1, 0.15) is 11.9 Å². The van der Waals surface area contributed by atoms with E-state index in [-0.39, 0.29) is 17.7 Å². The van der Waals surface area contributed by atoms with Gasteiger partial charge in [0.2, 0.25) is 5.91 Å². The molecular weight excluding hydrogens is 347 g/mol. The quantitative estimate of drug-likeness (QED) is 0.647. The van der Waals surface area contributed by atoms with Gasteiger partial charge in [0.25, 0.3) is 5.91 Å². The highest BCUT2D eigenvalue weighted by molar-refractivity contribution is 5.97. The second-order valence-electron chi connectivity index (χ2n) is 7.48. The smallest absolute Gasteiger partial charge is 0.251 e. The van der Waals surface area contributed by atoms with Gasteiger partial charge in [0.15, 0.2) is 0 Å². The zero-order chi connectivity index (χ0) is 19.6. The van der Waals surface area contributed by atoms with E-state index in [0.29, 0.717) is 24.8 Å². The molecule has 1 fully saturated rings. The van der Waals surface area contributed by atoms with Crippen LogP contribution in [0, 0.1) is 11.7 Å². The molecule has 1 saturated carbocycles. The van der Waals surface area contributed by atoms with Crippen LogP contribution in [-0.4, -0.2) is 37.1 Å². The highest BCUT2D eigenvalue weighted by Gasteiger charge is 2.24. The van der Waals surface area contributed by atoms with Gasteiger partial charge in [-0.1, -0.05) is 33.1 Å². The van der Waals surface area contributed by atoms with Crippen LogP contribution in [0.25, 0.3) is 0 Å². The van der Waals surface area contributed by atoms with Crippen molar-refractivity contribution in [1.82, 2.24) is 10.6 Å². The molecule has 0 aromatic heterocycles. The van der Waals surface area contributed by atoms with Crippen LogP contribution >= 0.6 is 0 Å². The van der Waals surface area contributed by atoms with Crippen molar-refractivity contribution in [1.29, 1.82) is 0 Å². The van der Waals surface area contributed by atoms with Crippen LogP contribution in [0.15, 0.2) is 24.3 Å². The molecule has 1 atom stereocenters. The fourth-order valence-electron chi connectivity index (χ4n) is 3.24. The van der Waals surface area contributed by atoms with Gasteiger partial charge in [-0.05, 0) is 49.4 Å². The third-order valence-electron chi connectivity index (χ3n) is 4.87. The standard InChI is InChI=1S/C21H31FN2O3/c1-15(2)19(24-20(25)16-9-11-17(22)12-10-16)21(26)23-13-6-14-27-18-7-4-3-5-8-18/h9-12,15,18-19H,3-8,13-14H2,1-2H3,(H,23,26)(H,24,25)/t19-/m0/s1. The Kier molecular flexibility index (Phi) is 8.72. The molecule has 2 N–H and O–H groups in total. The number of rotatable bonds is 9. The Balaban J connectivity index is 1.73. The number of carbonyl (C=O) groups is 2. The van der Waals surface area contributed by atoms with E-state index in [1.807, 2.05) is 13.8 Å². The Morgan fingerprint density at radius 2 is 1.81 bits per heavy atom. The molecule has 0 unspecified atom stereocenters. The number of nitrogens with one attached hydrogen (secondary N) is 2. The molecule has 5 nitrogen and oxygen atoms in total. The first-order chi connectivity index (χ1) is 13.0. The molecule has 1 aliphatic carbocycles. The largest absolute Gasteiger partial charge is 0.378 e. The van der Waals surface area contributed by atoms with Gasteiger partial charge < -0.3 is 15.4 Å². The molecule has 27 heavy (non-hydrogen) atoms. The Hall–Kier alpha value is -1.95. The molecule has 0 spiro atoms. The fourth-order valence-corrected chi connectivity index (χ4v) is 3.24. The van der Waals surface area contributed by atoms with E-state index < -0.39 is 11.9 Å². The summed E-state index contributed by atoms with van der Waals surface area (Å²) in [6, 6.07) is 4.63. The molecule has 6 heteroatoms.